The third-order valence-corrected chi connectivity index (χ3v) is 11.7. The van der Waals surface area contributed by atoms with Gasteiger partial charge >= 0.3 is 6.01 Å². The zero-order chi connectivity index (χ0) is 36.2. The van der Waals surface area contributed by atoms with Gasteiger partial charge in [-0.25, -0.2) is 8.78 Å². The minimum absolute atomic E-state index is 0.0176. The van der Waals surface area contributed by atoms with E-state index in [9.17, 15) is 14.3 Å². The summed E-state index contributed by atoms with van der Waals surface area (Å²) in [6.07, 6.45) is 13.3. The summed E-state index contributed by atoms with van der Waals surface area (Å²) in [6.45, 7) is 10.1. The predicted octanol–water partition coefficient (Wildman–Crippen LogP) is 5.92. The van der Waals surface area contributed by atoms with Crippen molar-refractivity contribution in [1.82, 2.24) is 24.8 Å². The Balaban J connectivity index is 1.16. The lowest BCUT2D eigenvalue weighted by Gasteiger charge is -2.54. The average Bonchev–Trinajstić information content (AvgIpc) is 3.37. The smallest absolute Gasteiger partial charge is 0.319 e. The highest BCUT2D eigenvalue weighted by Crippen LogP contribution is 2.49. The van der Waals surface area contributed by atoms with Crippen molar-refractivity contribution in [3.8, 4) is 35.4 Å². The lowest BCUT2D eigenvalue weighted by molar-refractivity contribution is -0.142. The number of rotatable bonds is 7. The molecule has 8 rings (SSSR count). The SMILES string of the molecule is C#Cc1c(F)ccc2cc(O)cc(-c3ncc4c(N5CCCOCC5)nc(OC[C@]56CCCC5N(CC5(C)CN(C(C)=O)C5)CCC6)nc4c3F)c12. The molecule has 0 bridgehead atoms. The van der Waals surface area contributed by atoms with Crippen LogP contribution in [0, 0.1) is 34.8 Å². The van der Waals surface area contributed by atoms with Gasteiger partial charge in [-0.15, -0.1) is 6.42 Å². The van der Waals surface area contributed by atoms with Crippen LogP contribution in [0.3, 0.4) is 0 Å². The fraction of sp³-hybridized carbons (Fsp3) is 0.500. The van der Waals surface area contributed by atoms with Crippen molar-refractivity contribution in [2.75, 3.05) is 64.0 Å². The number of hydrogen-bond donors (Lipinski definition) is 1. The fourth-order valence-electron chi connectivity index (χ4n) is 9.32. The van der Waals surface area contributed by atoms with Crippen LogP contribution in [0.25, 0.3) is 32.9 Å². The van der Waals surface area contributed by atoms with Gasteiger partial charge < -0.3 is 24.4 Å². The van der Waals surface area contributed by atoms with E-state index in [4.69, 9.17) is 20.9 Å². The lowest BCUT2D eigenvalue weighted by Crippen LogP contribution is -2.63. The van der Waals surface area contributed by atoms with Crippen LogP contribution < -0.4 is 9.64 Å². The highest BCUT2D eigenvalue weighted by atomic mass is 19.1. The molecule has 4 aromatic rings. The third-order valence-electron chi connectivity index (χ3n) is 11.7. The molecule has 2 atom stereocenters. The predicted molar refractivity (Wildman–Crippen MR) is 194 cm³/mol. The molecule has 0 radical (unpaired) electrons. The molecule has 1 aliphatic carbocycles. The number of nitrogens with zero attached hydrogens (tertiary/aromatic N) is 6. The highest BCUT2D eigenvalue weighted by Gasteiger charge is 2.51. The molecule has 5 heterocycles. The minimum atomic E-state index is -0.745. The highest BCUT2D eigenvalue weighted by molar-refractivity contribution is 6.03. The average molecular weight is 711 g/mol. The lowest BCUT2D eigenvalue weighted by atomic mass is 9.73. The number of likely N-dealkylation sites (tertiary alicyclic amines) is 2. The zero-order valence-corrected chi connectivity index (χ0v) is 29.8. The normalized spacial score (nSPS) is 23.2. The Kier molecular flexibility index (Phi) is 8.90. The van der Waals surface area contributed by atoms with Crippen LogP contribution in [-0.2, 0) is 9.53 Å². The van der Waals surface area contributed by atoms with Crippen LogP contribution in [0.1, 0.15) is 57.9 Å². The minimum Gasteiger partial charge on any atom is -0.508 e. The van der Waals surface area contributed by atoms with Crippen molar-refractivity contribution in [2.24, 2.45) is 10.8 Å². The maximum absolute atomic E-state index is 17.0. The number of anilines is 1. The Morgan fingerprint density at radius 3 is 2.75 bits per heavy atom. The Labute approximate surface area is 302 Å². The number of ether oxygens (including phenoxy) is 2. The Hall–Kier alpha value is -4.60. The quantitative estimate of drug-likeness (QED) is 0.234. The molecule has 1 amide bonds. The Bertz CT molecular complexity index is 2090. The van der Waals surface area contributed by atoms with Crippen LogP contribution in [0.2, 0.25) is 0 Å². The summed E-state index contributed by atoms with van der Waals surface area (Å²) in [5, 5.41) is 11.8. The number of fused-ring (bicyclic) bond motifs is 3. The summed E-state index contributed by atoms with van der Waals surface area (Å²) in [7, 11) is 0. The molecular weight excluding hydrogens is 666 g/mol. The first kappa shape index (κ1) is 34.5. The molecular formula is C40H44F2N6O4. The number of piperidine rings is 1. The van der Waals surface area contributed by atoms with Gasteiger partial charge in [0.2, 0.25) is 5.91 Å². The van der Waals surface area contributed by atoms with Crippen molar-refractivity contribution < 1.29 is 28.2 Å². The van der Waals surface area contributed by atoms with Crippen molar-refractivity contribution in [1.29, 1.82) is 0 Å². The number of phenolic OH excluding ortho intramolecular Hbond substituents is 1. The van der Waals surface area contributed by atoms with Crippen molar-refractivity contribution >= 4 is 33.4 Å². The molecule has 3 aliphatic heterocycles. The number of phenols is 1. The fourth-order valence-corrected chi connectivity index (χ4v) is 9.32. The first-order valence-electron chi connectivity index (χ1n) is 18.3. The summed E-state index contributed by atoms with van der Waals surface area (Å²) in [4.78, 5) is 32.6. The molecule has 4 aliphatic rings. The molecule has 1 saturated carbocycles. The largest absolute Gasteiger partial charge is 0.508 e. The van der Waals surface area contributed by atoms with Gasteiger partial charge in [-0.3, -0.25) is 14.7 Å². The van der Waals surface area contributed by atoms with Crippen molar-refractivity contribution in [3.05, 3.63) is 47.7 Å². The second-order valence-corrected chi connectivity index (χ2v) is 15.4. The van der Waals surface area contributed by atoms with Crippen molar-refractivity contribution in [3.63, 3.8) is 0 Å². The summed E-state index contributed by atoms with van der Waals surface area (Å²) >= 11 is 0. The van der Waals surface area contributed by atoms with Gasteiger partial charge in [0.15, 0.2) is 5.82 Å². The molecule has 4 fully saturated rings. The molecule has 12 heteroatoms. The van der Waals surface area contributed by atoms with Crippen LogP contribution in [0.15, 0.2) is 30.5 Å². The summed E-state index contributed by atoms with van der Waals surface area (Å²) < 4.78 is 44.2. The summed E-state index contributed by atoms with van der Waals surface area (Å²) in [5.74, 6) is 1.53. The molecule has 2 aromatic heterocycles. The van der Waals surface area contributed by atoms with Crippen molar-refractivity contribution in [2.45, 2.75) is 58.4 Å². The summed E-state index contributed by atoms with van der Waals surface area (Å²) in [6, 6.07) is 5.96. The number of halogens is 2. The van der Waals surface area contributed by atoms with Gasteiger partial charge in [0, 0.05) is 80.3 Å². The number of pyridine rings is 1. The molecule has 272 valence electrons. The van der Waals surface area contributed by atoms with Gasteiger partial charge in [-0.2, -0.15) is 9.97 Å². The number of amides is 1. The van der Waals surface area contributed by atoms with Crippen LogP contribution in [0.5, 0.6) is 11.8 Å². The molecule has 10 nitrogen and oxygen atoms in total. The molecule has 1 N–H and O–H groups in total. The summed E-state index contributed by atoms with van der Waals surface area (Å²) in [5.41, 5.74) is 0.00223. The van der Waals surface area contributed by atoms with E-state index in [0.717, 1.165) is 64.7 Å². The maximum Gasteiger partial charge on any atom is 0.319 e. The third kappa shape index (κ3) is 6.07. The van der Waals surface area contributed by atoms with E-state index in [-0.39, 0.29) is 56.2 Å². The van der Waals surface area contributed by atoms with E-state index in [2.05, 4.69) is 32.6 Å². The van der Waals surface area contributed by atoms with Gasteiger partial charge in [0.25, 0.3) is 0 Å². The Morgan fingerprint density at radius 2 is 1.94 bits per heavy atom. The molecule has 3 saturated heterocycles. The van der Waals surface area contributed by atoms with Crippen LogP contribution >= 0.6 is 0 Å². The number of aromatic nitrogens is 3. The second-order valence-electron chi connectivity index (χ2n) is 15.4. The number of benzene rings is 2. The van der Waals surface area contributed by atoms with Gasteiger partial charge in [0.1, 0.15) is 28.6 Å². The molecule has 1 unspecified atom stereocenters. The van der Waals surface area contributed by atoms with E-state index >= 15 is 4.39 Å². The van der Waals surface area contributed by atoms with Gasteiger partial charge in [0.05, 0.1) is 24.2 Å². The van der Waals surface area contributed by atoms with E-state index in [1.54, 1.807) is 6.92 Å². The number of aromatic hydroxyl groups is 1. The number of hydrogen-bond acceptors (Lipinski definition) is 9. The Morgan fingerprint density at radius 1 is 1.12 bits per heavy atom. The molecule has 2 aromatic carbocycles. The van der Waals surface area contributed by atoms with Crippen LogP contribution in [-0.4, -0.2) is 101 Å². The standard InChI is InChI=1S/C40H44F2N6O4/c1-4-28-31(41)10-9-26-18-27(50)19-29(33(26)28)35-34(42)36-30(20-43-35)37(46-14-7-16-51-17-15-46)45-38(44-36)52-24-40-11-5-8-32(40)47(13-6-12-40)21-39(3)22-48(23-39)25(2)49/h1,9-10,18-20,32,50H,5-8,11-17,21-24H2,2-3H3/t32?,40-/m1/s1. The van der Waals surface area contributed by atoms with E-state index < -0.39 is 11.6 Å². The molecule has 0 spiro atoms. The van der Waals surface area contributed by atoms with Gasteiger partial charge in [-0.1, -0.05) is 25.3 Å². The monoisotopic (exact) mass is 710 g/mol. The zero-order valence-electron chi connectivity index (χ0n) is 29.8. The van der Waals surface area contributed by atoms with E-state index in [0.29, 0.717) is 55.5 Å². The topological polar surface area (TPSA) is 104 Å². The first-order chi connectivity index (χ1) is 25.1. The van der Waals surface area contributed by atoms with Crippen LogP contribution in [0.4, 0.5) is 14.6 Å². The maximum atomic E-state index is 17.0. The number of carbonyl (C=O) groups excluding carboxylic acids is 1. The number of terminal acetylenes is 1. The first-order valence-corrected chi connectivity index (χ1v) is 18.3. The second kappa shape index (κ2) is 13.4. The molecule has 52 heavy (non-hydrogen) atoms. The van der Waals surface area contributed by atoms with Gasteiger partial charge in [-0.05, 0) is 62.2 Å². The number of carbonyl (C=O) groups is 1. The van der Waals surface area contributed by atoms with E-state index in [1.807, 2.05) is 4.90 Å². The van der Waals surface area contributed by atoms with E-state index in [1.165, 1.54) is 30.5 Å².